The average molecular weight is 356 g/mol. The van der Waals surface area contributed by atoms with E-state index in [0.29, 0.717) is 5.02 Å². The summed E-state index contributed by atoms with van der Waals surface area (Å²) in [7, 11) is 0. The number of nitrogens with one attached hydrogen (secondary N) is 1. The molecule has 0 aromatic heterocycles. The number of hydrogen-bond acceptors (Lipinski definition) is 3. The van der Waals surface area contributed by atoms with Crippen molar-refractivity contribution in [3.8, 4) is 0 Å². The maximum atomic E-state index is 12.8. The number of nitrogens with zero attached hydrogens (tertiary/aromatic N) is 2. The quantitative estimate of drug-likeness (QED) is 0.650. The van der Waals surface area contributed by atoms with E-state index in [2.05, 4.69) is 15.4 Å². The predicted octanol–water partition coefficient (Wildman–Crippen LogP) is 4.02. The normalized spacial score (nSPS) is 16.7. The van der Waals surface area contributed by atoms with E-state index in [1.807, 2.05) is 42.5 Å². The van der Waals surface area contributed by atoms with Gasteiger partial charge in [-0.2, -0.15) is 5.10 Å². The zero-order valence-electron chi connectivity index (χ0n) is 14.1. The minimum atomic E-state index is -0.302. The second-order valence-corrected chi connectivity index (χ2v) is 6.63. The molecule has 1 amide bonds. The third-order valence-corrected chi connectivity index (χ3v) is 4.63. The van der Waals surface area contributed by atoms with Crippen LogP contribution in [0.4, 0.5) is 0 Å². The maximum absolute atomic E-state index is 12.8. The summed E-state index contributed by atoms with van der Waals surface area (Å²) < 4.78 is 0. The Labute approximate surface area is 153 Å². The van der Waals surface area contributed by atoms with E-state index in [1.54, 1.807) is 18.3 Å². The first-order valence-electron chi connectivity index (χ1n) is 8.61. The van der Waals surface area contributed by atoms with Gasteiger partial charge in [0.15, 0.2) is 0 Å². The molecule has 0 saturated carbocycles. The van der Waals surface area contributed by atoms with Crippen LogP contribution in [0.2, 0.25) is 5.02 Å². The molecule has 0 spiro atoms. The Hall–Kier alpha value is -2.17. The topological polar surface area (TPSA) is 44.7 Å². The van der Waals surface area contributed by atoms with Gasteiger partial charge in [-0.25, -0.2) is 5.43 Å². The van der Waals surface area contributed by atoms with Crippen molar-refractivity contribution >= 4 is 23.7 Å². The van der Waals surface area contributed by atoms with Crippen LogP contribution in [-0.4, -0.2) is 30.1 Å². The molecule has 0 radical (unpaired) electrons. The van der Waals surface area contributed by atoms with Gasteiger partial charge in [-0.1, -0.05) is 60.5 Å². The van der Waals surface area contributed by atoms with Gasteiger partial charge in [0.2, 0.25) is 0 Å². The summed E-state index contributed by atoms with van der Waals surface area (Å²) in [6, 6.07) is 16.9. The van der Waals surface area contributed by atoms with E-state index in [1.165, 1.54) is 6.42 Å². The molecule has 0 unspecified atom stereocenters. The highest BCUT2D eigenvalue weighted by molar-refractivity contribution is 6.30. The molecule has 1 saturated heterocycles. The highest BCUT2D eigenvalue weighted by Gasteiger charge is 2.28. The third-order valence-electron chi connectivity index (χ3n) is 4.38. The van der Waals surface area contributed by atoms with Crippen LogP contribution in [0.25, 0.3) is 0 Å². The Morgan fingerprint density at radius 3 is 2.40 bits per heavy atom. The molecule has 1 heterocycles. The molecule has 1 aliphatic rings. The molecule has 1 aliphatic heterocycles. The van der Waals surface area contributed by atoms with Crippen LogP contribution in [0.5, 0.6) is 0 Å². The van der Waals surface area contributed by atoms with Gasteiger partial charge in [0.05, 0.1) is 6.21 Å². The number of piperidine rings is 1. The van der Waals surface area contributed by atoms with Gasteiger partial charge < -0.3 is 0 Å². The summed E-state index contributed by atoms with van der Waals surface area (Å²) in [5.41, 5.74) is 4.59. The van der Waals surface area contributed by atoms with Crippen molar-refractivity contribution in [2.45, 2.75) is 25.3 Å². The zero-order valence-corrected chi connectivity index (χ0v) is 14.8. The maximum Gasteiger partial charge on any atom is 0.262 e. The molecule has 0 aliphatic carbocycles. The molecule has 0 bridgehead atoms. The van der Waals surface area contributed by atoms with Crippen molar-refractivity contribution in [2.75, 3.05) is 13.1 Å². The molecule has 3 rings (SSSR count). The SMILES string of the molecule is O=C(N/N=C/c1ccc(Cl)cc1)[C@H](c1ccccc1)N1CCCCC1. The largest absolute Gasteiger partial charge is 0.288 e. The Kier molecular flexibility index (Phi) is 6.20. The molecule has 5 heteroatoms. The van der Waals surface area contributed by atoms with Crippen LogP contribution in [0.1, 0.15) is 36.4 Å². The van der Waals surface area contributed by atoms with Gasteiger partial charge in [-0.15, -0.1) is 0 Å². The monoisotopic (exact) mass is 355 g/mol. The van der Waals surface area contributed by atoms with Crippen molar-refractivity contribution < 1.29 is 4.79 Å². The van der Waals surface area contributed by atoms with Crippen molar-refractivity contribution in [1.82, 2.24) is 10.3 Å². The lowest BCUT2D eigenvalue weighted by Crippen LogP contribution is -2.41. The van der Waals surface area contributed by atoms with E-state index < -0.39 is 0 Å². The zero-order chi connectivity index (χ0) is 17.5. The van der Waals surface area contributed by atoms with E-state index in [9.17, 15) is 4.79 Å². The smallest absolute Gasteiger partial charge is 0.262 e. The molecule has 25 heavy (non-hydrogen) atoms. The summed E-state index contributed by atoms with van der Waals surface area (Å²) in [6.07, 6.45) is 5.12. The molecule has 2 aromatic carbocycles. The van der Waals surface area contributed by atoms with Gasteiger partial charge in [0.1, 0.15) is 6.04 Å². The Balaban J connectivity index is 1.71. The van der Waals surface area contributed by atoms with E-state index in [0.717, 1.165) is 37.1 Å². The standard InChI is InChI=1S/C20H22ClN3O/c21-18-11-9-16(10-12-18)15-22-23-20(25)19(17-7-3-1-4-8-17)24-13-5-2-6-14-24/h1,3-4,7-12,15,19H,2,5-6,13-14H2,(H,23,25)/b22-15+/t19-/m0/s1. The summed E-state index contributed by atoms with van der Waals surface area (Å²) in [5.74, 6) is -0.0988. The first kappa shape index (κ1) is 17.6. The Morgan fingerprint density at radius 2 is 1.72 bits per heavy atom. The van der Waals surface area contributed by atoms with Gasteiger partial charge >= 0.3 is 0 Å². The molecular weight excluding hydrogens is 334 g/mol. The van der Waals surface area contributed by atoms with Crippen LogP contribution in [0.15, 0.2) is 59.7 Å². The number of carbonyl (C=O) groups is 1. The molecule has 1 atom stereocenters. The molecular formula is C20H22ClN3O. The predicted molar refractivity (Wildman–Crippen MR) is 102 cm³/mol. The lowest BCUT2D eigenvalue weighted by Gasteiger charge is -2.33. The summed E-state index contributed by atoms with van der Waals surface area (Å²) >= 11 is 5.87. The number of benzene rings is 2. The minimum absolute atomic E-state index is 0.0988. The number of hydrazone groups is 1. The third kappa shape index (κ3) is 4.91. The van der Waals surface area contributed by atoms with Gasteiger partial charge in [-0.3, -0.25) is 9.69 Å². The fourth-order valence-corrected chi connectivity index (χ4v) is 3.25. The lowest BCUT2D eigenvalue weighted by molar-refractivity contribution is -0.127. The first-order chi connectivity index (χ1) is 12.2. The first-order valence-corrected chi connectivity index (χ1v) is 8.99. The van der Waals surface area contributed by atoms with Gasteiger partial charge in [0, 0.05) is 5.02 Å². The number of halogens is 1. The molecule has 2 aromatic rings. The highest BCUT2D eigenvalue weighted by Crippen LogP contribution is 2.24. The fraction of sp³-hybridized carbons (Fsp3) is 0.300. The Bertz CT molecular complexity index is 709. The van der Waals surface area contributed by atoms with Crippen molar-refractivity contribution in [3.05, 3.63) is 70.7 Å². The number of amides is 1. The van der Waals surface area contributed by atoms with E-state index >= 15 is 0 Å². The summed E-state index contributed by atoms with van der Waals surface area (Å²) in [5, 5.41) is 4.79. The van der Waals surface area contributed by atoms with E-state index in [4.69, 9.17) is 11.6 Å². The van der Waals surface area contributed by atoms with Crippen molar-refractivity contribution in [1.29, 1.82) is 0 Å². The molecule has 1 fully saturated rings. The van der Waals surface area contributed by atoms with Crippen LogP contribution in [0.3, 0.4) is 0 Å². The van der Waals surface area contributed by atoms with Crippen LogP contribution in [-0.2, 0) is 4.79 Å². The Morgan fingerprint density at radius 1 is 1.04 bits per heavy atom. The fourth-order valence-electron chi connectivity index (χ4n) is 3.12. The van der Waals surface area contributed by atoms with Crippen molar-refractivity contribution in [3.63, 3.8) is 0 Å². The minimum Gasteiger partial charge on any atom is -0.288 e. The second kappa shape index (κ2) is 8.79. The average Bonchev–Trinajstić information content (AvgIpc) is 2.65. The summed E-state index contributed by atoms with van der Waals surface area (Å²) in [4.78, 5) is 15.0. The number of carbonyl (C=O) groups excluding carboxylic acids is 1. The second-order valence-electron chi connectivity index (χ2n) is 6.20. The van der Waals surface area contributed by atoms with E-state index in [-0.39, 0.29) is 11.9 Å². The number of rotatable bonds is 5. The molecule has 4 nitrogen and oxygen atoms in total. The van der Waals surface area contributed by atoms with Crippen LogP contribution < -0.4 is 5.43 Å². The van der Waals surface area contributed by atoms with Gasteiger partial charge in [-0.05, 0) is 49.2 Å². The number of hydrogen-bond donors (Lipinski definition) is 1. The summed E-state index contributed by atoms with van der Waals surface area (Å²) in [6.45, 7) is 1.88. The molecule has 1 N–H and O–H groups in total. The molecule has 130 valence electrons. The van der Waals surface area contributed by atoms with Crippen LogP contribution in [0, 0.1) is 0 Å². The lowest BCUT2D eigenvalue weighted by atomic mass is 10.0. The highest BCUT2D eigenvalue weighted by atomic mass is 35.5. The van der Waals surface area contributed by atoms with Crippen molar-refractivity contribution in [2.24, 2.45) is 5.10 Å². The van der Waals surface area contributed by atoms with Gasteiger partial charge in [0.25, 0.3) is 5.91 Å². The number of likely N-dealkylation sites (tertiary alicyclic amines) is 1. The van der Waals surface area contributed by atoms with Crippen LogP contribution >= 0.6 is 11.6 Å².